The summed E-state index contributed by atoms with van der Waals surface area (Å²) in [5.74, 6) is 1.85. The molecule has 0 amide bonds. The zero-order valence-corrected chi connectivity index (χ0v) is 12.0. The molecule has 2 rings (SSSR count). The first-order valence-electron chi connectivity index (χ1n) is 8.23. The van der Waals surface area contributed by atoms with Crippen LogP contribution in [0.4, 0.5) is 0 Å². The zero-order valence-electron chi connectivity index (χ0n) is 12.0. The van der Waals surface area contributed by atoms with Crippen LogP contribution in [0.1, 0.15) is 64.2 Å². The summed E-state index contributed by atoms with van der Waals surface area (Å²) >= 11 is 0. The third kappa shape index (κ3) is 6.75. The van der Waals surface area contributed by atoms with Crippen LogP contribution in [0.15, 0.2) is 0 Å². The molecule has 18 heavy (non-hydrogen) atoms. The van der Waals surface area contributed by atoms with Crippen molar-refractivity contribution in [1.82, 2.24) is 5.32 Å². The van der Waals surface area contributed by atoms with Crippen molar-refractivity contribution in [3.05, 3.63) is 0 Å². The lowest BCUT2D eigenvalue weighted by atomic mass is 9.91. The lowest BCUT2D eigenvalue weighted by Gasteiger charge is -2.20. The van der Waals surface area contributed by atoms with E-state index in [1.807, 2.05) is 0 Å². The largest absolute Gasteiger partial charge is 0.381 e. The fourth-order valence-electron chi connectivity index (χ4n) is 2.88. The van der Waals surface area contributed by atoms with Gasteiger partial charge in [-0.2, -0.15) is 0 Å². The summed E-state index contributed by atoms with van der Waals surface area (Å²) in [7, 11) is 0. The average Bonchev–Trinajstić information content (AvgIpc) is 3.14. The number of hydrogen-bond donors (Lipinski definition) is 1. The summed E-state index contributed by atoms with van der Waals surface area (Å²) in [5.41, 5.74) is 0. The van der Waals surface area contributed by atoms with Gasteiger partial charge in [-0.05, 0) is 57.0 Å². The molecule has 0 bridgehead atoms. The first-order valence-corrected chi connectivity index (χ1v) is 8.23. The summed E-state index contributed by atoms with van der Waals surface area (Å²) in [6.07, 6.45) is 14.2. The van der Waals surface area contributed by atoms with Gasteiger partial charge < -0.3 is 10.1 Å². The van der Waals surface area contributed by atoms with Gasteiger partial charge in [0, 0.05) is 13.2 Å². The molecule has 0 saturated heterocycles. The second kappa shape index (κ2) is 8.92. The van der Waals surface area contributed by atoms with Crippen molar-refractivity contribution >= 4 is 0 Å². The molecule has 106 valence electrons. The van der Waals surface area contributed by atoms with E-state index in [2.05, 4.69) is 5.32 Å². The molecule has 0 heterocycles. The molecule has 0 unspecified atom stereocenters. The van der Waals surface area contributed by atoms with Gasteiger partial charge in [0.15, 0.2) is 0 Å². The van der Waals surface area contributed by atoms with Gasteiger partial charge in [0.2, 0.25) is 0 Å². The van der Waals surface area contributed by atoms with Gasteiger partial charge >= 0.3 is 0 Å². The predicted molar refractivity (Wildman–Crippen MR) is 76.8 cm³/mol. The molecule has 2 saturated carbocycles. The Morgan fingerprint density at radius 2 is 1.56 bits per heavy atom. The zero-order chi connectivity index (χ0) is 12.5. The Balaban J connectivity index is 1.38. The molecule has 2 fully saturated rings. The highest BCUT2D eigenvalue weighted by molar-refractivity contribution is 4.72. The molecular weight excluding hydrogens is 222 g/mol. The minimum atomic E-state index is 0.910. The Bertz CT molecular complexity index is 195. The van der Waals surface area contributed by atoms with Gasteiger partial charge in [-0.3, -0.25) is 0 Å². The normalized spacial score (nSPS) is 22.7. The Hall–Kier alpha value is -0.0800. The third-order valence-electron chi connectivity index (χ3n) is 4.35. The first-order chi connectivity index (χ1) is 8.95. The maximum Gasteiger partial charge on any atom is 0.0494 e. The minimum absolute atomic E-state index is 0.910. The Kier molecular flexibility index (Phi) is 7.11. The average molecular weight is 253 g/mol. The second-order valence-electron chi connectivity index (χ2n) is 6.29. The summed E-state index contributed by atoms with van der Waals surface area (Å²) < 4.78 is 5.65. The Morgan fingerprint density at radius 1 is 0.833 bits per heavy atom. The van der Waals surface area contributed by atoms with Crippen LogP contribution in [-0.2, 0) is 4.74 Å². The Morgan fingerprint density at radius 3 is 2.28 bits per heavy atom. The molecule has 0 spiro atoms. The number of rotatable bonds is 8. The van der Waals surface area contributed by atoms with Crippen LogP contribution >= 0.6 is 0 Å². The van der Waals surface area contributed by atoms with Gasteiger partial charge in [0.25, 0.3) is 0 Å². The van der Waals surface area contributed by atoms with Gasteiger partial charge in [-0.1, -0.05) is 32.1 Å². The monoisotopic (exact) mass is 253 g/mol. The molecule has 0 aromatic heterocycles. The molecule has 0 atom stereocenters. The lowest BCUT2D eigenvalue weighted by molar-refractivity contribution is 0.122. The minimum Gasteiger partial charge on any atom is -0.381 e. The molecule has 0 aromatic carbocycles. The van der Waals surface area contributed by atoms with E-state index in [4.69, 9.17) is 4.74 Å². The Labute approximate surface area is 113 Å². The third-order valence-corrected chi connectivity index (χ3v) is 4.35. The summed E-state index contributed by atoms with van der Waals surface area (Å²) in [4.78, 5) is 0. The van der Waals surface area contributed by atoms with Crippen molar-refractivity contribution in [3.63, 3.8) is 0 Å². The van der Waals surface area contributed by atoms with Crippen LogP contribution in [0, 0.1) is 11.8 Å². The van der Waals surface area contributed by atoms with Crippen molar-refractivity contribution in [2.24, 2.45) is 11.8 Å². The van der Waals surface area contributed by atoms with Crippen LogP contribution in [0.5, 0.6) is 0 Å². The van der Waals surface area contributed by atoms with Crippen LogP contribution < -0.4 is 5.32 Å². The van der Waals surface area contributed by atoms with E-state index in [0.717, 1.165) is 31.6 Å². The van der Waals surface area contributed by atoms with Crippen LogP contribution in [0.25, 0.3) is 0 Å². The van der Waals surface area contributed by atoms with Gasteiger partial charge in [0.05, 0.1) is 0 Å². The summed E-state index contributed by atoms with van der Waals surface area (Å²) in [5, 5.41) is 3.63. The smallest absolute Gasteiger partial charge is 0.0494 e. The van der Waals surface area contributed by atoms with E-state index in [1.54, 1.807) is 0 Å². The molecule has 2 aliphatic rings. The number of ether oxygens (including phenoxy) is 1. The number of nitrogens with one attached hydrogen (secondary N) is 1. The van der Waals surface area contributed by atoms with Crippen molar-refractivity contribution < 1.29 is 4.74 Å². The van der Waals surface area contributed by atoms with E-state index in [9.17, 15) is 0 Å². The van der Waals surface area contributed by atoms with Crippen molar-refractivity contribution in [2.45, 2.75) is 64.2 Å². The van der Waals surface area contributed by atoms with Gasteiger partial charge in [0.1, 0.15) is 0 Å². The maximum absolute atomic E-state index is 5.65. The molecule has 2 heteroatoms. The van der Waals surface area contributed by atoms with Crippen molar-refractivity contribution in [1.29, 1.82) is 0 Å². The van der Waals surface area contributed by atoms with Crippen molar-refractivity contribution in [2.75, 3.05) is 26.3 Å². The number of hydrogen-bond acceptors (Lipinski definition) is 2. The fraction of sp³-hybridized carbons (Fsp3) is 1.00. The van der Waals surface area contributed by atoms with E-state index in [-0.39, 0.29) is 0 Å². The van der Waals surface area contributed by atoms with E-state index >= 15 is 0 Å². The van der Waals surface area contributed by atoms with E-state index < -0.39 is 0 Å². The second-order valence-corrected chi connectivity index (χ2v) is 6.29. The fourth-order valence-corrected chi connectivity index (χ4v) is 2.88. The summed E-state index contributed by atoms with van der Waals surface area (Å²) in [6, 6.07) is 0. The van der Waals surface area contributed by atoms with Crippen LogP contribution in [0.3, 0.4) is 0 Å². The first kappa shape index (κ1) is 14.3. The highest BCUT2D eigenvalue weighted by Gasteiger charge is 2.20. The van der Waals surface area contributed by atoms with E-state index in [1.165, 1.54) is 70.8 Å². The molecule has 0 aromatic rings. The van der Waals surface area contributed by atoms with E-state index in [0.29, 0.717) is 0 Å². The predicted octanol–water partition coefficient (Wildman–Crippen LogP) is 3.75. The molecule has 1 N–H and O–H groups in total. The lowest BCUT2D eigenvalue weighted by Crippen LogP contribution is -2.25. The molecular formula is C16H31NO. The highest BCUT2D eigenvalue weighted by atomic mass is 16.5. The standard InChI is InChI=1S/C16H31NO/c1-2-4-7-15(8-5-3-1)13-17-11-6-12-18-14-16-9-10-16/h15-17H,1-14H2. The van der Waals surface area contributed by atoms with Crippen LogP contribution in [-0.4, -0.2) is 26.3 Å². The topological polar surface area (TPSA) is 21.3 Å². The molecule has 0 aliphatic heterocycles. The quantitative estimate of drug-likeness (QED) is 0.665. The molecule has 0 radical (unpaired) electrons. The van der Waals surface area contributed by atoms with Crippen molar-refractivity contribution in [3.8, 4) is 0 Å². The highest BCUT2D eigenvalue weighted by Crippen LogP contribution is 2.28. The SMILES string of the molecule is C1CCCC(CNCCCOCC2CC2)CCC1. The van der Waals surface area contributed by atoms with Gasteiger partial charge in [-0.15, -0.1) is 0 Å². The summed E-state index contributed by atoms with van der Waals surface area (Å²) in [6.45, 7) is 4.35. The van der Waals surface area contributed by atoms with Crippen LogP contribution in [0.2, 0.25) is 0 Å². The van der Waals surface area contributed by atoms with Gasteiger partial charge in [-0.25, -0.2) is 0 Å². The maximum atomic E-state index is 5.65. The molecule has 2 aliphatic carbocycles. The molecule has 2 nitrogen and oxygen atoms in total.